The molecule has 3 aromatic rings. The van der Waals surface area contributed by atoms with E-state index in [2.05, 4.69) is 15.7 Å². The Hall–Kier alpha value is -4.21. The molecule has 0 fully saturated rings. The molecule has 202 valence electrons. The Morgan fingerprint density at radius 2 is 1.45 bits per heavy atom. The van der Waals surface area contributed by atoms with E-state index in [1.54, 1.807) is 30.3 Å². The molecule has 0 saturated heterocycles. The smallest absolute Gasteiger partial charge is 0.442 e. The van der Waals surface area contributed by atoms with Gasteiger partial charge in [-0.15, -0.1) is 5.10 Å². The summed E-state index contributed by atoms with van der Waals surface area (Å²) in [7, 11) is 0. The second-order valence-electron chi connectivity index (χ2n) is 9.86. The normalized spacial score (nSPS) is 12.7. The molecule has 0 saturated carbocycles. The van der Waals surface area contributed by atoms with Crippen LogP contribution in [0.15, 0.2) is 69.9 Å². The summed E-state index contributed by atoms with van der Waals surface area (Å²) in [6, 6.07) is 15.8. The van der Waals surface area contributed by atoms with Crippen LogP contribution in [0.3, 0.4) is 0 Å². The molecule has 3 rings (SSSR count). The Morgan fingerprint density at radius 3 is 2.05 bits per heavy atom. The average Bonchev–Trinajstić information content (AvgIpc) is 3.28. The van der Waals surface area contributed by atoms with Crippen LogP contribution in [-0.4, -0.2) is 39.6 Å². The molecule has 0 aliphatic heterocycles. The highest BCUT2D eigenvalue weighted by Crippen LogP contribution is 2.13. The highest BCUT2D eigenvalue weighted by molar-refractivity contribution is 5.99. The van der Waals surface area contributed by atoms with Gasteiger partial charge in [-0.25, -0.2) is 9.59 Å². The lowest BCUT2D eigenvalue weighted by Crippen LogP contribution is -2.52. The van der Waals surface area contributed by atoms with Gasteiger partial charge in [-0.05, 0) is 42.4 Å². The van der Waals surface area contributed by atoms with Gasteiger partial charge in [0, 0.05) is 0 Å². The Morgan fingerprint density at radius 1 is 0.868 bits per heavy atom. The fraction of sp³-hybridized carbons (Fsp3) is 0.393. The Balaban J connectivity index is 1.73. The molecule has 10 nitrogen and oxygen atoms in total. The van der Waals surface area contributed by atoms with Crippen molar-refractivity contribution in [3.8, 4) is 5.69 Å². The first-order valence-electron chi connectivity index (χ1n) is 12.6. The lowest BCUT2D eigenvalue weighted by atomic mass is 9.98. The van der Waals surface area contributed by atoms with Crippen molar-refractivity contribution >= 4 is 17.8 Å². The highest BCUT2D eigenvalue weighted by atomic mass is 16.5. The largest absolute Gasteiger partial charge is 0.445 e. The zero-order chi connectivity index (χ0) is 27.7. The third kappa shape index (κ3) is 8.16. The van der Waals surface area contributed by atoms with Gasteiger partial charge in [0.15, 0.2) is 0 Å². The molecule has 0 spiro atoms. The molecular weight excluding hydrogens is 488 g/mol. The zero-order valence-electron chi connectivity index (χ0n) is 22.0. The van der Waals surface area contributed by atoms with Crippen molar-refractivity contribution in [2.75, 3.05) is 0 Å². The van der Waals surface area contributed by atoms with Crippen molar-refractivity contribution < 1.29 is 23.5 Å². The third-order valence-electron chi connectivity index (χ3n) is 5.63. The molecule has 1 aromatic heterocycles. The van der Waals surface area contributed by atoms with Gasteiger partial charge < -0.3 is 19.8 Å². The number of ketones is 1. The molecule has 0 unspecified atom stereocenters. The maximum absolute atomic E-state index is 13.3. The molecule has 0 aliphatic carbocycles. The maximum Gasteiger partial charge on any atom is 0.442 e. The van der Waals surface area contributed by atoms with Crippen molar-refractivity contribution in [3.05, 3.63) is 82.7 Å². The number of alkyl carbamates (subject to hydrolysis) is 1. The van der Waals surface area contributed by atoms with Crippen molar-refractivity contribution in [1.82, 2.24) is 20.4 Å². The van der Waals surface area contributed by atoms with Gasteiger partial charge >= 0.3 is 11.8 Å². The molecule has 10 heteroatoms. The number of hydrogen-bond acceptors (Lipinski definition) is 7. The summed E-state index contributed by atoms with van der Waals surface area (Å²) < 4.78 is 11.4. The number of nitrogens with zero attached hydrogens (tertiary/aromatic N) is 2. The number of amides is 2. The van der Waals surface area contributed by atoms with Crippen LogP contribution < -0.4 is 16.4 Å². The molecule has 1 heterocycles. The van der Waals surface area contributed by atoms with E-state index in [0.29, 0.717) is 12.1 Å². The molecule has 0 radical (unpaired) electrons. The number of rotatable bonds is 12. The Labute approximate surface area is 221 Å². The van der Waals surface area contributed by atoms with E-state index in [9.17, 15) is 19.2 Å². The summed E-state index contributed by atoms with van der Waals surface area (Å²) in [6.07, 6.45) is -0.139. The van der Waals surface area contributed by atoms with E-state index in [1.807, 2.05) is 58.0 Å². The van der Waals surface area contributed by atoms with Crippen LogP contribution in [-0.2, 0) is 16.1 Å². The minimum Gasteiger partial charge on any atom is -0.445 e. The number of carbonyl (C=O) groups excluding carboxylic acids is 3. The van der Waals surface area contributed by atoms with Crippen LogP contribution in [0, 0.1) is 11.8 Å². The first kappa shape index (κ1) is 28.4. The van der Waals surface area contributed by atoms with Crippen molar-refractivity contribution in [2.24, 2.45) is 11.8 Å². The fourth-order valence-electron chi connectivity index (χ4n) is 3.84. The van der Waals surface area contributed by atoms with Gasteiger partial charge in [0.25, 0.3) is 5.89 Å². The Bertz CT molecular complexity index is 1270. The number of para-hydroxylation sites is 1. The van der Waals surface area contributed by atoms with E-state index < -0.39 is 41.5 Å². The molecule has 38 heavy (non-hydrogen) atoms. The second-order valence-corrected chi connectivity index (χ2v) is 9.86. The summed E-state index contributed by atoms with van der Waals surface area (Å²) in [5.74, 6) is -2.29. The minimum absolute atomic E-state index is 0.0273. The van der Waals surface area contributed by atoms with Gasteiger partial charge in [0.2, 0.25) is 11.7 Å². The monoisotopic (exact) mass is 522 g/mol. The average molecular weight is 523 g/mol. The molecular formula is C28H34N4O6. The van der Waals surface area contributed by atoms with Crippen LogP contribution in [0.2, 0.25) is 0 Å². The van der Waals surface area contributed by atoms with E-state index in [4.69, 9.17) is 9.15 Å². The van der Waals surface area contributed by atoms with Gasteiger partial charge in [0.05, 0.1) is 11.7 Å². The predicted octanol–water partition coefficient (Wildman–Crippen LogP) is 3.88. The number of aromatic nitrogens is 2. The number of carbonyl (C=O) groups is 3. The molecule has 0 aliphatic rings. The Kier molecular flexibility index (Phi) is 9.98. The summed E-state index contributed by atoms with van der Waals surface area (Å²) in [5, 5.41) is 9.40. The maximum atomic E-state index is 13.3. The van der Waals surface area contributed by atoms with Crippen LogP contribution in [0.1, 0.15) is 56.8 Å². The minimum atomic E-state index is -1.01. The molecule has 0 bridgehead atoms. The lowest BCUT2D eigenvalue weighted by Gasteiger charge is -2.24. The lowest BCUT2D eigenvalue weighted by molar-refractivity contribution is -0.124. The van der Waals surface area contributed by atoms with E-state index >= 15 is 0 Å². The fourth-order valence-corrected chi connectivity index (χ4v) is 3.84. The van der Waals surface area contributed by atoms with Gasteiger partial charge in [-0.1, -0.05) is 76.2 Å². The van der Waals surface area contributed by atoms with Crippen molar-refractivity contribution in [2.45, 2.75) is 59.2 Å². The number of hydrogen-bond donors (Lipinski definition) is 2. The number of nitrogens with one attached hydrogen (secondary N) is 2. The second kappa shape index (κ2) is 13.4. The number of Topliss-reactive ketones (excluding diaryl/α,β-unsaturated/α-hetero) is 1. The van der Waals surface area contributed by atoms with E-state index in [-0.39, 0.29) is 24.9 Å². The van der Waals surface area contributed by atoms with Crippen molar-refractivity contribution in [1.29, 1.82) is 0 Å². The predicted molar refractivity (Wildman–Crippen MR) is 141 cm³/mol. The first-order valence-corrected chi connectivity index (χ1v) is 12.6. The third-order valence-corrected chi connectivity index (χ3v) is 5.63. The standard InChI is InChI=1S/C28H34N4O6/c1-18(2)15-22(24(33)26-31-32(28(36)38-26)21-13-9-6-10-14-21)29-25(34)23(16-19(3)4)30-27(35)37-17-20-11-7-5-8-12-20/h5-14,18-19,22-23H,15-17H2,1-4H3,(H,29,34)(H,30,35)/t22-,23-/m0/s1. The van der Waals surface area contributed by atoms with Crippen molar-refractivity contribution in [3.63, 3.8) is 0 Å². The summed E-state index contributed by atoms with van der Waals surface area (Å²) in [4.78, 5) is 51.4. The number of ether oxygens (including phenoxy) is 1. The quantitative estimate of drug-likeness (QED) is 0.345. The summed E-state index contributed by atoms with van der Waals surface area (Å²) in [5.41, 5.74) is 1.26. The molecule has 2 atom stereocenters. The van der Waals surface area contributed by atoms with Gasteiger partial charge in [-0.3, -0.25) is 9.59 Å². The van der Waals surface area contributed by atoms with Crippen LogP contribution in [0.4, 0.5) is 4.79 Å². The number of benzene rings is 2. The molecule has 2 aromatic carbocycles. The summed E-state index contributed by atoms with van der Waals surface area (Å²) in [6.45, 7) is 7.68. The SMILES string of the molecule is CC(C)C[C@H](NC(=O)OCc1ccccc1)C(=O)N[C@@H](CC(C)C)C(=O)c1nn(-c2ccccc2)c(=O)o1. The molecule has 2 N–H and O–H groups in total. The van der Waals surface area contributed by atoms with Gasteiger partial charge in [-0.2, -0.15) is 4.68 Å². The first-order chi connectivity index (χ1) is 18.1. The van der Waals surface area contributed by atoms with Crippen LogP contribution in [0.5, 0.6) is 0 Å². The summed E-state index contributed by atoms with van der Waals surface area (Å²) >= 11 is 0. The zero-order valence-corrected chi connectivity index (χ0v) is 22.0. The highest BCUT2D eigenvalue weighted by Gasteiger charge is 2.31. The topological polar surface area (TPSA) is 133 Å². The van der Waals surface area contributed by atoms with Crippen LogP contribution >= 0.6 is 0 Å². The van der Waals surface area contributed by atoms with E-state index in [0.717, 1.165) is 10.2 Å². The van der Waals surface area contributed by atoms with E-state index in [1.165, 1.54) is 0 Å². The van der Waals surface area contributed by atoms with Gasteiger partial charge in [0.1, 0.15) is 12.6 Å². The molecule has 2 amide bonds. The van der Waals surface area contributed by atoms with Crippen LogP contribution in [0.25, 0.3) is 5.69 Å².